The SMILES string of the molecule is CCCCCCCCCCCN1C=CN(CCCCCCCCC)C1C(C)C. The van der Waals surface area contributed by atoms with Gasteiger partial charge in [-0.05, 0) is 18.8 Å². The molecule has 0 spiro atoms. The highest BCUT2D eigenvalue weighted by molar-refractivity contribution is 4.98. The van der Waals surface area contributed by atoms with Gasteiger partial charge in [-0.25, -0.2) is 0 Å². The van der Waals surface area contributed by atoms with Crippen LogP contribution in [0.25, 0.3) is 0 Å². The van der Waals surface area contributed by atoms with E-state index >= 15 is 0 Å². The van der Waals surface area contributed by atoms with Gasteiger partial charge in [0.1, 0.15) is 6.17 Å². The summed E-state index contributed by atoms with van der Waals surface area (Å²) < 4.78 is 0. The van der Waals surface area contributed by atoms with Gasteiger partial charge in [0.05, 0.1) is 0 Å². The van der Waals surface area contributed by atoms with Crippen molar-refractivity contribution >= 4 is 0 Å². The van der Waals surface area contributed by atoms with E-state index in [2.05, 4.69) is 49.9 Å². The summed E-state index contributed by atoms with van der Waals surface area (Å²) in [6.07, 6.45) is 27.9. The summed E-state index contributed by atoms with van der Waals surface area (Å²) in [6.45, 7) is 11.8. The summed E-state index contributed by atoms with van der Waals surface area (Å²) in [5.74, 6) is 0.693. The first-order valence-corrected chi connectivity index (χ1v) is 12.9. The molecule has 28 heavy (non-hydrogen) atoms. The highest BCUT2D eigenvalue weighted by Crippen LogP contribution is 2.24. The smallest absolute Gasteiger partial charge is 0.103 e. The quantitative estimate of drug-likeness (QED) is 0.204. The van der Waals surface area contributed by atoms with Crippen LogP contribution in [0.2, 0.25) is 0 Å². The topological polar surface area (TPSA) is 6.48 Å². The first-order chi connectivity index (χ1) is 13.7. The molecule has 166 valence electrons. The van der Waals surface area contributed by atoms with E-state index in [4.69, 9.17) is 0 Å². The highest BCUT2D eigenvalue weighted by atomic mass is 15.4. The maximum atomic E-state index is 2.62. The molecule has 0 N–H and O–H groups in total. The molecule has 0 aromatic rings. The fourth-order valence-electron chi connectivity index (χ4n) is 4.57. The molecule has 0 amide bonds. The van der Waals surface area contributed by atoms with Crippen molar-refractivity contribution in [3.05, 3.63) is 12.4 Å². The molecule has 0 aromatic heterocycles. The maximum Gasteiger partial charge on any atom is 0.103 e. The number of unbranched alkanes of at least 4 members (excludes halogenated alkanes) is 14. The Hall–Kier alpha value is -0.660. The normalized spacial score (nSPS) is 16.7. The second-order valence-corrected chi connectivity index (χ2v) is 9.38. The van der Waals surface area contributed by atoms with E-state index in [1.165, 1.54) is 116 Å². The van der Waals surface area contributed by atoms with Gasteiger partial charge in [-0.3, -0.25) is 0 Å². The van der Waals surface area contributed by atoms with Crippen LogP contribution in [-0.4, -0.2) is 29.1 Å². The molecule has 1 rings (SSSR count). The molecule has 0 aliphatic carbocycles. The van der Waals surface area contributed by atoms with Crippen LogP contribution < -0.4 is 0 Å². The average molecular weight is 393 g/mol. The number of hydrogen-bond acceptors (Lipinski definition) is 2. The average Bonchev–Trinajstić information content (AvgIpc) is 3.09. The molecule has 0 saturated heterocycles. The molecule has 0 radical (unpaired) electrons. The minimum atomic E-state index is 0.592. The number of rotatable bonds is 19. The fourth-order valence-corrected chi connectivity index (χ4v) is 4.57. The van der Waals surface area contributed by atoms with E-state index in [0.29, 0.717) is 12.1 Å². The molecule has 2 heteroatoms. The molecule has 0 fully saturated rings. The number of hydrogen-bond donors (Lipinski definition) is 0. The van der Waals surface area contributed by atoms with Crippen molar-refractivity contribution in [2.75, 3.05) is 13.1 Å². The summed E-state index contributed by atoms with van der Waals surface area (Å²) in [5.41, 5.74) is 0. The van der Waals surface area contributed by atoms with Crippen LogP contribution in [-0.2, 0) is 0 Å². The minimum absolute atomic E-state index is 0.592. The Bertz CT molecular complexity index is 363. The van der Waals surface area contributed by atoms with Gasteiger partial charge in [-0.2, -0.15) is 0 Å². The molecule has 0 saturated carbocycles. The molecule has 1 atom stereocenters. The third-order valence-corrected chi connectivity index (χ3v) is 6.27. The van der Waals surface area contributed by atoms with Crippen molar-refractivity contribution < 1.29 is 0 Å². The van der Waals surface area contributed by atoms with Crippen molar-refractivity contribution in [3.63, 3.8) is 0 Å². The zero-order valence-corrected chi connectivity index (χ0v) is 19.9. The van der Waals surface area contributed by atoms with Crippen LogP contribution >= 0.6 is 0 Å². The molecule has 1 unspecified atom stereocenters. The zero-order valence-electron chi connectivity index (χ0n) is 19.9. The van der Waals surface area contributed by atoms with Gasteiger partial charge in [-0.1, -0.05) is 118 Å². The minimum Gasteiger partial charge on any atom is -0.356 e. The van der Waals surface area contributed by atoms with E-state index in [1.807, 2.05) is 0 Å². The Morgan fingerprint density at radius 2 is 0.857 bits per heavy atom. The fraction of sp³-hybridized carbons (Fsp3) is 0.923. The maximum absolute atomic E-state index is 2.62. The monoisotopic (exact) mass is 392 g/mol. The van der Waals surface area contributed by atoms with E-state index in [0.717, 1.165) is 0 Å². The van der Waals surface area contributed by atoms with Crippen LogP contribution in [0.5, 0.6) is 0 Å². The molecular weight excluding hydrogens is 340 g/mol. The predicted octanol–water partition coefficient (Wildman–Crippen LogP) is 8.34. The lowest BCUT2D eigenvalue weighted by molar-refractivity contribution is 0.104. The Balaban J connectivity index is 2.12. The largest absolute Gasteiger partial charge is 0.356 e. The third-order valence-electron chi connectivity index (χ3n) is 6.27. The van der Waals surface area contributed by atoms with Gasteiger partial charge in [0.2, 0.25) is 0 Å². The van der Waals surface area contributed by atoms with Gasteiger partial charge < -0.3 is 9.80 Å². The van der Waals surface area contributed by atoms with Gasteiger partial charge in [0.25, 0.3) is 0 Å². The second-order valence-electron chi connectivity index (χ2n) is 9.38. The first-order valence-electron chi connectivity index (χ1n) is 12.9. The highest BCUT2D eigenvalue weighted by Gasteiger charge is 2.28. The van der Waals surface area contributed by atoms with Crippen LogP contribution in [0, 0.1) is 5.92 Å². The molecule has 2 nitrogen and oxygen atoms in total. The van der Waals surface area contributed by atoms with E-state index in [1.54, 1.807) is 0 Å². The van der Waals surface area contributed by atoms with E-state index in [9.17, 15) is 0 Å². The molecule has 1 aliphatic heterocycles. The van der Waals surface area contributed by atoms with E-state index in [-0.39, 0.29) is 0 Å². The third kappa shape index (κ3) is 11.4. The van der Waals surface area contributed by atoms with Crippen molar-refractivity contribution in [1.82, 2.24) is 9.80 Å². The molecule has 0 bridgehead atoms. The molecule has 1 heterocycles. The first kappa shape index (κ1) is 25.4. The van der Waals surface area contributed by atoms with Crippen LogP contribution in [0.1, 0.15) is 130 Å². The Morgan fingerprint density at radius 3 is 1.18 bits per heavy atom. The summed E-state index contributed by atoms with van der Waals surface area (Å²) in [5, 5.41) is 0. The molecular formula is C26H52N2. The Labute approximate surface area is 178 Å². The predicted molar refractivity (Wildman–Crippen MR) is 126 cm³/mol. The lowest BCUT2D eigenvalue weighted by Gasteiger charge is -2.36. The van der Waals surface area contributed by atoms with Gasteiger partial charge in [-0.15, -0.1) is 0 Å². The Kier molecular flexibility index (Phi) is 15.6. The van der Waals surface area contributed by atoms with Crippen molar-refractivity contribution in [2.45, 2.75) is 137 Å². The van der Waals surface area contributed by atoms with E-state index < -0.39 is 0 Å². The van der Waals surface area contributed by atoms with Crippen LogP contribution in [0.3, 0.4) is 0 Å². The molecule has 0 aromatic carbocycles. The standard InChI is InChI=1S/C26H52N2/c1-5-7-9-11-13-14-16-18-20-22-28-24-23-27(26(28)25(3)4)21-19-17-15-12-10-8-6-2/h23-26H,5-22H2,1-4H3. The van der Waals surface area contributed by atoms with Crippen LogP contribution in [0.15, 0.2) is 12.4 Å². The summed E-state index contributed by atoms with van der Waals surface area (Å²) in [6, 6.07) is 0. The zero-order chi connectivity index (χ0) is 20.5. The second kappa shape index (κ2) is 17.2. The summed E-state index contributed by atoms with van der Waals surface area (Å²) in [4.78, 5) is 5.23. The van der Waals surface area contributed by atoms with Gasteiger partial charge in [0, 0.05) is 25.5 Å². The summed E-state index contributed by atoms with van der Waals surface area (Å²) in [7, 11) is 0. The van der Waals surface area contributed by atoms with Crippen molar-refractivity contribution in [1.29, 1.82) is 0 Å². The Morgan fingerprint density at radius 1 is 0.536 bits per heavy atom. The number of nitrogens with zero attached hydrogens (tertiary/aromatic N) is 2. The van der Waals surface area contributed by atoms with Crippen molar-refractivity contribution in [3.8, 4) is 0 Å². The van der Waals surface area contributed by atoms with Crippen molar-refractivity contribution in [2.24, 2.45) is 5.92 Å². The van der Waals surface area contributed by atoms with Gasteiger partial charge in [0.15, 0.2) is 0 Å². The van der Waals surface area contributed by atoms with Gasteiger partial charge >= 0.3 is 0 Å². The lowest BCUT2D eigenvalue weighted by Crippen LogP contribution is -2.43. The molecule has 1 aliphatic rings. The van der Waals surface area contributed by atoms with Crippen LogP contribution in [0.4, 0.5) is 0 Å². The summed E-state index contributed by atoms with van der Waals surface area (Å²) >= 11 is 0. The lowest BCUT2D eigenvalue weighted by atomic mass is 10.1.